The Morgan fingerprint density at radius 3 is 2.53 bits per heavy atom. The summed E-state index contributed by atoms with van der Waals surface area (Å²) in [6.45, 7) is 0.832. The molecule has 7 heteroatoms. The second kappa shape index (κ2) is 4.86. The van der Waals surface area contributed by atoms with Crippen LogP contribution in [0.1, 0.15) is 6.92 Å². The molecule has 0 aromatic rings. The lowest BCUT2D eigenvalue weighted by Crippen LogP contribution is -2.65. The smallest absolute Gasteiger partial charge is 0.218 e. The van der Waals surface area contributed by atoms with Gasteiger partial charge >= 0.3 is 0 Å². The minimum atomic E-state index is -1.20. The number of hydrogen-bond donors (Lipinski definition) is 5. The van der Waals surface area contributed by atoms with Crippen molar-refractivity contribution in [2.24, 2.45) is 5.73 Å². The maximum absolute atomic E-state index is 10.8. The maximum Gasteiger partial charge on any atom is 0.218 e. The Kier molecular flexibility index (Phi) is 4.00. The Balaban J connectivity index is 2.69. The van der Waals surface area contributed by atoms with Crippen LogP contribution in [0.15, 0.2) is 0 Å². The van der Waals surface area contributed by atoms with Crippen LogP contribution >= 0.6 is 0 Å². The molecule has 0 radical (unpaired) electrons. The van der Waals surface area contributed by atoms with Crippen molar-refractivity contribution in [3.05, 3.63) is 0 Å². The van der Waals surface area contributed by atoms with Gasteiger partial charge in [0, 0.05) is 6.92 Å². The van der Waals surface area contributed by atoms with E-state index in [2.05, 4.69) is 5.32 Å². The minimum absolute atomic E-state index is 0.390. The lowest BCUT2D eigenvalue weighted by Gasteiger charge is -2.40. The van der Waals surface area contributed by atoms with E-state index >= 15 is 0 Å². The molecule has 0 saturated carbocycles. The Morgan fingerprint density at radius 1 is 1.47 bits per heavy atom. The number of carbonyl (C=O) groups is 1. The summed E-state index contributed by atoms with van der Waals surface area (Å²) < 4.78 is 5.08. The van der Waals surface area contributed by atoms with E-state index in [-0.39, 0.29) is 5.91 Å². The molecule has 1 rings (SSSR count). The second-order valence-electron chi connectivity index (χ2n) is 3.54. The van der Waals surface area contributed by atoms with Crippen LogP contribution in [0.25, 0.3) is 0 Å². The van der Waals surface area contributed by atoms with Crippen molar-refractivity contribution in [3.63, 3.8) is 0 Å². The van der Waals surface area contributed by atoms with Crippen LogP contribution in [0.3, 0.4) is 0 Å². The SMILES string of the molecule is CC(=O)N[C@@H]1O[C@H](CO)[C@@H](O)[C@H](N)[C@H]1O. The van der Waals surface area contributed by atoms with Crippen molar-refractivity contribution in [1.29, 1.82) is 0 Å². The highest BCUT2D eigenvalue weighted by Crippen LogP contribution is 2.18. The Bertz CT molecular complexity index is 235. The molecule has 0 aliphatic carbocycles. The third kappa shape index (κ3) is 2.64. The fraction of sp³-hybridized carbons (Fsp3) is 0.875. The predicted octanol–water partition coefficient (Wildman–Crippen LogP) is -3.11. The van der Waals surface area contributed by atoms with Gasteiger partial charge in [-0.25, -0.2) is 0 Å². The zero-order valence-electron chi connectivity index (χ0n) is 8.33. The fourth-order valence-corrected chi connectivity index (χ4v) is 1.47. The molecule has 88 valence electrons. The largest absolute Gasteiger partial charge is 0.394 e. The molecule has 5 atom stereocenters. The van der Waals surface area contributed by atoms with Gasteiger partial charge in [0.05, 0.1) is 12.6 Å². The topological polar surface area (TPSA) is 125 Å². The van der Waals surface area contributed by atoms with E-state index in [0.29, 0.717) is 0 Å². The number of hydrogen-bond acceptors (Lipinski definition) is 6. The van der Waals surface area contributed by atoms with E-state index in [1.165, 1.54) is 6.92 Å². The lowest BCUT2D eigenvalue weighted by atomic mass is 9.96. The summed E-state index contributed by atoms with van der Waals surface area (Å²) in [5.41, 5.74) is 5.51. The molecule has 0 unspecified atom stereocenters. The summed E-state index contributed by atoms with van der Waals surface area (Å²) >= 11 is 0. The van der Waals surface area contributed by atoms with Crippen LogP contribution < -0.4 is 11.1 Å². The molecular formula is C8H16N2O5. The van der Waals surface area contributed by atoms with Crippen LogP contribution in [-0.2, 0) is 9.53 Å². The summed E-state index contributed by atoms with van der Waals surface area (Å²) in [4.78, 5) is 10.8. The number of rotatable bonds is 2. The third-order valence-electron chi connectivity index (χ3n) is 2.33. The van der Waals surface area contributed by atoms with Crippen molar-refractivity contribution in [2.45, 2.75) is 37.5 Å². The minimum Gasteiger partial charge on any atom is -0.394 e. The highest BCUT2D eigenvalue weighted by Gasteiger charge is 2.42. The van der Waals surface area contributed by atoms with E-state index < -0.39 is 37.2 Å². The molecule has 1 saturated heterocycles. The van der Waals surface area contributed by atoms with E-state index in [1.54, 1.807) is 0 Å². The quantitative estimate of drug-likeness (QED) is 0.335. The van der Waals surface area contributed by atoms with Crippen molar-refractivity contribution < 1.29 is 24.9 Å². The van der Waals surface area contributed by atoms with E-state index in [0.717, 1.165) is 0 Å². The van der Waals surface area contributed by atoms with Gasteiger partial charge in [-0.1, -0.05) is 0 Å². The fourth-order valence-electron chi connectivity index (χ4n) is 1.47. The molecule has 1 aliphatic rings. The predicted molar refractivity (Wildman–Crippen MR) is 49.6 cm³/mol. The number of aliphatic hydroxyl groups excluding tert-OH is 3. The number of ether oxygens (including phenoxy) is 1. The van der Waals surface area contributed by atoms with Crippen molar-refractivity contribution in [1.82, 2.24) is 5.32 Å². The third-order valence-corrected chi connectivity index (χ3v) is 2.33. The van der Waals surface area contributed by atoms with Crippen LogP contribution in [0.2, 0.25) is 0 Å². The van der Waals surface area contributed by atoms with Crippen LogP contribution in [-0.4, -0.2) is 58.4 Å². The molecule has 1 amide bonds. The average Bonchev–Trinajstić information content (AvgIpc) is 2.18. The summed E-state index contributed by atoms with van der Waals surface area (Å²) in [5, 5.41) is 30.3. The van der Waals surface area contributed by atoms with Crippen molar-refractivity contribution in [2.75, 3.05) is 6.61 Å². The van der Waals surface area contributed by atoms with Crippen LogP contribution in [0.4, 0.5) is 0 Å². The molecule has 0 bridgehead atoms. The summed E-state index contributed by atoms with van der Waals surface area (Å²) in [7, 11) is 0. The van der Waals surface area contributed by atoms with Gasteiger partial charge in [-0.05, 0) is 0 Å². The van der Waals surface area contributed by atoms with Gasteiger partial charge in [0.1, 0.15) is 18.3 Å². The van der Waals surface area contributed by atoms with Gasteiger partial charge in [-0.15, -0.1) is 0 Å². The van der Waals surface area contributed by atoms with Gasteiger partial charge < -0.3 is 31.1 Å². The average molecular weight is 220 g/mol. The second-order valence-corrected chi connectivity index (χ2v) is 3.54. The molecule has 0 aromatic carbocycles. The summed E-state index contributed by atoms with van der Waals surface area (Å²) in [6.07, 6.45) is -4.26. The Morgan fingerprint density at radius 2 is 2.07 bits per heavy atom. The standard InChI is InChI=1S/C8H16N2O5/c1-3(12)10-8-7(14)5(9)6(13)4(2-11)15-8/h4-8,11,13-14H,2,9H2,1H3,(H,10,12)/t4-,5+,6-,7-,8-/m1/s1. The van der Waals surface area contributed by atoms with Gasteiger partial charge in [0.25, 0.3) is 0 Å². The number of carbonyl (C=O) groups excluding carboxylic acids is 1. The molecule has 1 fully saturated rings. The Hall–Kier alpha value is -0.730. The van der Waals surface area contributed by atoms with E-state index in [4.69, 9.17) is 15.6 Å². The molecule has 0 spiro atoms. The zero-order valence-corrected chi connectivity index (χ0v) is 8.33. The zero-order chi connectivity index (χ0) is 11.6. The number of nitrogens with one attached hydrogen (secondary N) is 1. The van der Waals surface area contributed by atoms with Gasteiger partial charge in [-0.2, -0.15) is 0 Å². The van der Waals surface area contributed by atoms with Gasteiger partial charge in [0.2, 0.25) is 5.91 Å². The molecule has 1 heterocycles. The number of amides is 1. The first kappa shape index (κ1) is 12.3. The van der Waals surface area contributed by atoms with Crippen LogP contribution in [0, 0.1) is 0 Å². The Labute approximate surface area is 86.8 Å². The molecule has 6 N–H and O–H groups in total. The first-order valence-corrected chi connectivity index (χ1v) is 4.62. The normalized spacial score (nSPS) is 41.3. The van der Waals surface area contributed by atoms with E-state index in [1.807, 2.05) is 0 Å². The summed E-state index contributed by atoms with van der Waals surface area (Å²) in [6, 6.07) is -0.965. The van der Waals surface area contributed by atoms with Crippen molar-refractivity contribution >= 4 is 5.91 Å². The maximum atomic E-state index is 10.8. The summed E-state index contributed by atoms with van der Waals surface area (Å²) in [5.74, 6) is -0.390. The molecule has 0 aromatic heterocycles. The molecule has 15 heavy (non-hydrogen) atoms. The molecule has 7 nitrogen and oxygen atoms in total. The lowest BCUT2D eigenvalue weighted by molar-refractivity contribution is -0.198. The number of aliphatic hydroxyl groups is 3. The first-order valence-electron chi connectivity index (χ1n) is 4.62. The molecular weight excluding hydrogens is 204 g/mol. The molecule has 1 aliphatic heterocycles. The van der Waals surface area contributed by atoms with Crippen LogP contribution in [0.5, 0.6) is 0 Å². The van der Waals surface area contributed by atoms with Gasteiger partial charge in [0.15, 0.2) is 6.23 Å². The highest BCUT2D eigenvalue weighted by molar-refractivity contribution is 5.73. The van der Waals surface area contributed by atoms with E-state index in [9.17, 15) is 15.0 Å². The van der Waals surface area contributed by atoms with Crippen molar-refractivity contribution in [3.8, 4) is 0 Å². The number of nitrogens with two attached hydrogens (primary N) is 1. The van der Waals surface area contributed by atoms with Gasteiger partial charge in [-0.3, -0.25) is 4.79 Å². The first-order chi connectivity index (χ1) is 6.97. The monoisotopic (exact) mass is 220 g/mol. The highest BCUT2D eigenvalue weighted by atomic mass is 16.5.